The molecule has 1 aromatic rings. The molecule has 0 radical (unpaired) electrons. The van der Waals surface area contributed by atoms with Crippen molar-refractivity contribution in [3.05, 3.63) is 35.8 Å². The van der Waals surface area contributed by atoms with Crippen LogP contribution in [0.2, 0.25) is 0 Å². The van der Waals surface area contributed by atoms with E-state index in [4.69, 9.17) is 5.73 Å². The molecule has 0 amide bonds. The quantitative estimate of drug-likeness (QED) is 0.541. The summed E-state index contributed by atoms with van der Waals surface area (Å²) in [6.07, 6.45) is 1.01. The van der Waals surface area contributed by atoms with Crippen LogP contribution in [-0.2, 0) is 0 Å². The van der Waals surface area contributed by atoms with Gasteiger partial charge in [0.25, 0.3) is 0 Å². The summed E-state index contributed by atoms with van der Waals surface area (Å²) in [5.74, 6) is 0.245. The summed E-state index contributed by atoms with van der Waals surface area (Å²) in [5.41, 5.74) is 6.30. The van der Waals surface area contributed by atoms with Crippen molar-refractivity contribution in [1.29, 1.82) is 0 Å². The fourth-order valence-corrected chi connectivity index (χ4v) is 0.883. The Bertz CT molecular complexity index is 325. The Morgan fingerprint density at radius 2 is 1.86 bits per heavy atom. The zero-order chi connectivity index (χ0) is 9.90. The molecule has 0 aliphatic heterocycles. The fraction of sp³-hybridized carbons (Fsp3) is 0. The van der Waals surface area contributed by atoms with Gasteiger partial charge in [0.1, 0.15) is 0 Å². The van der Waals surface area contributed by atoms with E-state index >= 15 is 0 Å². The van der Waals surface area contributed by atoms with Gasteiger partial charge in [0.2, 0.25) is 0 Å². The van der Waals surface area contributed by atoms with Crippen LogP contribution in [0.5, 0.6) is 0 Å². The predicted octanol–water partition coefficient (Wildman–Crippen LogP) is -0.327. The Morgan fingerprint density at radius 3 is 2.36 bits per heavy atom. The van der Waals surface area contributed by atoms with Crippen LogP contribution in [0.25, 0.3) is 6.08 Å². The van der Waals surface area contributed by atoms with Gasteiger partial charge in [0.05, 0.1) is 0 Å². The molecule has 1 nitrogen and oxygen atoms in total. The molecule has 14 heavy (non-hydrogen) atoms. The van der Waals surface area contributed by atoms with E-state index in [0.717, 1.165) is 6.08 Å². The number of anilines is 1. The van der Waals surface area contributed by atoms with Crippen molar-refractivity contribution in [2.24, 2.45) is 0 Å². The zero-order valence-corrected chi connectivity index (χ0v) is 10.9. The molecule has 0 saturated carbocycles. The van der Waals surface area contributed by atoms with Gasteiger partial charge < -0.3 is 18.7 Å². The van der Waals surface area contributed by atoms with E-state index in [1.165, 1.54) is 6.07 Å². The number of hydrogen-bond acceptors (Lipinski definition) is 1. The SMILES string of the molecule is Nc1cccc(/C=C/[B-](F)(F)F)c1.[K+]. The number of nitrogens with two attached hydrogens (primary N) is 1. The third kappa shape index (κ3) is 5.87. The number of benzene rings is 1. The second-order valence-corrected chi connectivity index (χ2v) is 2.65. The molecule has 0 fully saturated rings. The number of halogens is 3. The number of nitrogen functional groups attached to an aromatic ring is 1. The minimum absolute atomic E-state index is 0. The van der Waals surface area contributed by atoms with E-state index in [-0.39, 0.29) is 57.4 Å². The Kier molecular flexibility index (Phi) is 6.08. The molecule has 0 bridgehead atoms. The van der Waals surface area contributed by atoms with E-state index in [0.29, 0.717) is 11.3 Å². The Labute approximate surface area is 123 Å². The van der Waals surface area contributed by atoms with Crippen LogP contribution in [0.4, 0.5) is 18.6 Å². The molecule has 0 spiro atoms. The van der Waals surface area contributed by atoms with Crippen molar-refractivity contribution < 1.29 is 64.3 Å². The summed E-state index contributed by atoms with van der Waals surface area (Å²) >= 11 is 0. The number of rotatable bonds is 2. The van der Waals surface area contributed by atoms with Crippen LogP contribution in [0.1, 0.15) is 5.56 Å². The van der Waals surface area contributed by atoms with Gasteiger partial charge in [-0.05, 0) is 17.7 Å². The van der Waals surface area contributed by atoms with E-state index < -0.39 is 6.98 Å². The summed E-state index contributed by atoms with van der Waals surface area (Å²) in [5, 5.41) is 0. The van der Waals surface area contributed by atoms with Crippen LogP contribution in [0.15, 0.2) is 30.2 Å². The molecule has 0 atom stereocenters. The van der Waals surface area contributed by atoms with Crippen LogP contribution in [-0.4, -0.2) is 6.98 Å². The van der Waals surface area contributed by atoms with Gasteiger partial charge in [-0.25, -0.2) is 0 Å². The minimum Gasteiger partial charge on any atom is -0.445 e. The van der Waals surface area contributed by atoms with E-state index in [9.17, 15) is 12.9 Å². The molecule has 0 aliphatic carbocycles. The van der Waals surface area contributed by atoms with Gasteiger partial charge in [0, 0.05) is 5.69 Å². The first kappa shape index (κ1) is 14.3. The van der Waals surface area contributed by atoms with Crippen molar-refractivity contribution in [1.82, 2.24) is 0 Å². The smallest absolute Gasteiger partial charge is 0.445 e. The molecule has 0 aromatic heterocycles. The van der Waals surface area contributed by atoms with Crippen LogP contribution in [0, 0.1) is 0 Å². The van der Waals surface area contributed by atoms with Gasteiger partial charge in [-0.15, -0.1) is 5.98 Å². The van der Waals surface area contributed by atoms with E-state index in [1.807, 2.05) is 0 Å². The van der Waals surface area contributed by atoms with E-state index in [2.05, 4.69) is 0 Å². The maximum absolute atomic E-state index is 11.8. The average molecular weight is 225 g/mol. The molecule has 1 rings (SSSR count). The van der Waals surface area contributed by atoms with E-state index in [1.54, 1.807) is 18.2 Å². The third-order valence-electron chi connectivity index (χ3n) is 1.42. The molecule has 0 saturated heterocycles. The predicted molar refractivity (Wildman–Crippen MR) is 49.0 cm³/mol. The summed E-state index contributed by atoms with van der Waals surface area (Å²) < 4.78 is 35.4. The summed E-state index contributed by atoms with van der Waals surface area (Å²) in [6, 6.07) is 6.28. The first-order valence-corrected chi connectivity index (χ1v) is 3.72. The standard InChI is InChI=1S/C8H8BF3N.K/c10-9(11,12)5-4-7-2-1-3-8(13)6-7;/h1-6H,13H2;/q-1;+1/b5-4+;. The largest absolute Gasteiger partial charge is 1.00 e. The second-order valence-electron chi connectivity index (χ2n) is 2.65. The third-order valence-corrected chi connectivity index (χ3v) is 1.42. The molecule has 1 aromatic carbocycles. The monoisotopic (exact) mass is 225 g/mol. The topological polar surface area (TPSA) is 26.0 Å². The first-order chi connectivity index (χ1) is 5.97. The van der Waals surface area contributed by atoms with Gasteiger partial charge >= 0.3 is 58.4 Å². The molecule has 6 heteroatoms. The molecular formula is C8H8BF3KN. The summed E-state index contributed by atoms with van der Waals surface area (Å²) in [4.78, 5) is 0. The first-order valence-electron chi connectivity index (χ1n) is 3.72. The van der Waals surface area contributed by atoms with Crippen molar-refractivity contribution in [2.75, 3.05) is 5.73 Å². The van der Waals surface area contributed by atoms with Crippen molar-refractivity contribution >= 4 is 18.7 Å². The summed E-state index contributed by atoms with van der Waals surface area (Å²) in [7, 11) is 0. The van der Waals surface area contributed by atoms with Gasteiger partial charge in [0.15, 0.2) is 0 Å². The molecular weight excluding hydrogens is 217 g/mol. The van der Waals surface area contributed by atoms with Gasteiger partial charge in [-0.3, -0.25) is 0 Å². The van der Waals surface area contributed by atoms with Crippen molar-refractivity contribution in [2.45, 2.75) is 0 Å². The maximum Gasteiger partial charge on any atom is 1.00 e. The molecule has 0 heterocycles. The van der Waals surface area contributed by atoms with Crippen LogP contribution in [0.3, 0.4) is 0 Å². The molecule has 0 unspecified atom stereocenters. The van der Waals surface area contributed by atoms with Crippen molar-refractivity contribution in [3.63, 3.8) is 0 Å². The van der Waals surface area contributed by atoms with Gasteiger partial charge in [-0.1, -0.05) is 18.2 Å². The fourth-order valence-electron chi connectivity index (χ4n) is 0.883. The minimum atomic E-state index is -4.86. The summed E-state index contributed by atoms with van der Waals surface area (Å²) in [6.45, 7) is -4.86. The molecule has 2 N–H and O–H groups in total. The zero-order valence-electron chi connectivity index (χ0n) is 7.75. The Hall–Kier alpha value is 0.251. The average Bonchev–Trinajstić information content (AvgIpc) is 2.00. The molecule has 0 aliphatic rings. The molecule has 70 valence electrons. The second kappa shape index (κ2) is 5.97. The van der Waals surface area contributed by atoms with Crippen molar-refractivity contribution in [3.8, 4) is 0 Å². The normalized spacial score (nSPS) is 11.4. The Balaban J connectivity index is 0.00000169. The maximum atomic E-state index is 11.8. The van der Waals surface area contributed by atoms with Gasteiger partial charge in [-0.2, -0.15) is 0 Å². The van der Waals surface area contributed by atoms with Crippen LogP contribution >= 0.6 is 0 Å². The Morgan fingerprint density at radius 1 is 1.21 bits per heavy atom. The number of hydrogen-bond donors (Lipinski definition) is 1. The van der Waals surface area contributed by atoms with Crippen LogP contribution < -0.4 is 57.1 Å².